The number of carbonyl (C=O) groups is 2. The summed E-state index contributed by atoms with van der Waals surface area (Å²) in [6.45, 7) is 4.18. The predicted molar refractivity (Wildman–Crippen MR) is 96.6 cm³/mol. The molecule has 2 N–H and O–H groups in total. The molecule has 0 radical (unpaired) electrons. The highest BCUT2D eigenvalue weighted by atomic mass is 16.2. The fourth-order valence-corrected chi connectivity index (χ4v) is 3.21. The second kappa shape index (κ2) is 7.51. The molecular formula is C19H22N4O3. The lowest BCUT2D eigenvalue weighted by Crippen LogP contribution is -2.35. The molecule has 26 heavy (non-hydrogen) atoms. The lowest BCUT2D eigenvalue weighted by atomic mass is 10.1. The Labute approximate surface area is 151 Å². The normalized spacial score (nSPS) is 16.5. The van der Waals surface area contributed by atoms with Gasteiger partial charge in [-0.2, -0.15) is 0 Å². The van der Waals surface area contributed by atoms with E-state index in [0.717, 1.165) is 29.9 Å². The Bertz CT molecular complexity index is 890. The molecule has 7 heteroatoms. The molecule has 0 aliphatic carbocycles. The molecule has 0 spiro atoms. The molecule has 2 aromatic rings. The Morgan fingerprint density at radius 1 is 1.31 bits per heavy atom. The van der Waals surface area contributed by atoms with Crippen molar-refractivity contribution in [2.75, 3.05) is 6.54 Å². The average Bonchev–Trinajstić information content (AvgIpc) is 3.09. The third kappa shape index (κ3) is 3.82. The van der Waals surface area contributed by atoms with Crippen LogP contribution in [0.3, 0.4) is 0 Å². The minimum Gasteiger partial charge on any atom is -0.351 e. The zero-order valence-corrected chi connectivity index (χ0v) is 14.9. The van der Waals surface area contributed by atoms with E-state index in [2.05, 4.69) is 15.3 Å². The fraction of sp³-hybridized carbons (Fsp3) is 0.368. The van der Waals surface area contributed by atoms with Crippen molar-refractivity contribution in [3.8, 4) is 0 Å². The number of pyridine rings is 2. The molecule has 1 unspecified atom stereocenters. The summed E-state index contributed by atoms with van der Waals surface area (Å²) in [6, 6.07) is 8.73. The van der Waals surface area contributed by atoms with Crippen LogP contribution in [0.2, 0.25) is 0 Å². The van der Waals surface area contributed by atoms with E-state index < -0.39 is 0 Å². The predicted octanol–water partition coefficient (Wildman–Crippen LogP) is 1.69. The molecule has 7 nitrogen and oxygen atoms in total. The number of H-pyrrole nitrogens is 1. The van der Waals surface area contributed by atoms with Gasteiger partial charge in [0.25, 0.3) is 11.5 Å². The van der Waals surface area contributed by atoms with Crippen molar-refractivity contribution >= 4 is 11.8 Å². The van der Waals surface area contributed by atoms with Crippen LogP contribution in [-0.4, -0.2) is 33.2 Å². The third-order valence-electron chi connectivity index (χ3n) is 4.49. The van der Waals surface area contributed by atoms with Crippen molar-refractivity contribution in [2.45, 2.75) is 39.3 Å². The number of rotatable bonds is 4. The Balaban J connectivity index is 1.84. The first-order chi connectivity index (χ1) is 12.5. The van der Waals surface area contributed by atoms with E-state index in [9.17, 15) is 14.4 Å². The Hall–Kier alpha value is -2.96. The second-order valence-corrected chi connectivity index (χ2v) is 6.50. The number of hydrogen-bond acceptors (Lipinski definition) is 4. The van der Waals surface area contributed by atoms with Gasteiger partial charge in [-0.25, -0.2) is 0 Å². The SMILES string of the molecule is CC(=O)NCc1cccc(C2CCCN2C(=O)c2ccc(C)[nH]c2=O)n1. The first kappa shape index (κ1) is 17.8. The van der Waals surface area contributed by atoms with E-state index >= 15 is 0 Å². The number of amides is 2. The molecule has 136 valence electrons. The molecule has 1 fully saturated rings. The zero-order valence-electron chi connectivity index (χ0n) is 14.9. The number of likely N-dealkylation sites (tertiary alicyclic amines) is 1. The second-order valence-electron chi connectivity index (χ2n) is 6.50. The van der Waals surface area contributed by atoms with E-state index in [0.29, 0.717) is 13.1 Å². The summed E-state index contributed by atoms with van der Waals surface area (Å²) in [6.07, 6.45) is 1.66. The monoisotopic (exact) mass is 354 g/mol. The van der Waals surface area contributed by atoms with Crippen molar-refractivity contribution in [2.24, 2.45) is 0 Å². The standard InChI is InChI=1S/C19H22N4O3/c1-12-8-9-15(18(25)21-12)19(26)23-10-4-7-17(23)16-6-3-5-14(22-16)11-20-13(2)24/h3,5-6,8-9,17H,4,7,10-11H2,1-2H3,(H,20,24)(H,21,25). The van der Waals surface area contributed by atoms with E-state index in [-0.39, 0.29) is 29.0 Å². The van der Waals surface area contributed by atoms with Crippen molar-refractivity contribution < 1.29 is 9.59 Å². The van der Waals surface area contributed by atoms with Crippen LogP contribution in [0.1, 0.15) is 53.2 Å². The Morgan fingerprint density at radius 2 is 2.12 bits per heavy atom. The van der Waals surface area contributed by atoms with Crippen LogP contribution in [0, 0.1) is 6.92 Å². The summed E-state index contributed by atoms with van der Waals surface area (Å²) >= 11 is 0. The quantitative estimate of drug-likeness (QED) is 0.873. The lowest BCUT2D eigenvalue weighted by Gasteiger charge is -2.24. The number of carbonyl (C=O) groups excluding carboxylic acids is 2. The number of hydrogen-bond donors (Lipinski definition) is 2. The summed E-state index contributed by atoms with van der Waals surface area (Å²) in [4.78, 5) is 45.1. The molecule has 0 bridgehead atoms. The third-order valence-corrected chi connectivity index (χ3v) is 4.49. The molecule has 0 saturated carbocycles. The number of aryl methyl sites for hydroxylation is 1. The molecule has 2 amide bonds. The van der Waals surface area contributed by atoms with Crippen molar-refractivity contribution in [3.05, 3.63) is 63.3 Å². The van der Waals surface area contributed by atoms with Gasteiger partial charge in [-0.15, -0.1) is 0 Å². The van der Waals surface area contributed by atoms with E-state index in [1.807, 2.05) is 18.2 Å². The van der Waals surface area contributed by atoms with Gasteiger partial charge in [0.1, 0.15) is 5.56 Å². The number of nitrogens with zero attached hydrogens (tertiary/aromatic N) is 2. The van der Waals surface area contributed by atoms with Crippen LogP contribution < -0.4 is 10.9 Å². The largest absolute Gasteiger partial charge is 0.351 e. The minimum atomic E-state index is -0.368. The van der Waals surface area contributed by atoms with Gasteiger partial charge >= 0.3 is 0 Å². The van der Waals surface area contributed by atoms with Gasteiger partial charge in [0.05, 0.1) is 24.0 Å². The molecule has 1 saturated heterocycles. The van der Waals surface area contributed by atoms with Gasteiger partial charge < -0.3 is 15.2 Å². The van der Waals surface area contributed by atoms with E-state index in [1.54, 1.807) is 24.0 Å². The molecule has 1 aliphatic heterocycles. The van der Waals surface area contributed by atoms with Crippen LogP contribution >= 0.6 is 0 Å². The van der Waals surface area contributed by atoms with E-state index in [4.69, 9.17) is 0 Å². The van der Waals surface area contributed by atoms with Crippen LogP contribution in [-0.2, 0) is 11.3 Å². The van der Waals surface area contributed by atoms with Gasteiger partial charge in [-0.05, 0) is 44.0 Å². The van der Waals surface area contributed by atoms with Crippen LogP contribution in [0.25, 0.3) is 0 Å². The first-order valence-electron chi connectivity index (χ1n) is 8.67. The molecule has 3 heterocycles. The summed E-state index contributed by atoms with van der Waals surface area (Å²) in [7, 11) is 0. The summed E-state index contributed by atoms with van der Waals surface area (Å²) in [5.41, 5.74) is 2.02. The van der Waals surface area contributed by atoms with Gasteiger partial charge in [-0.1, -0.05) is 6.07 Å². The summed E-state index contributed by atoms with van der Waals surface area (Å²) in [5, 5.41) is 2.72. The smallest absolute Gasteiger partial charge is 0.260 e. The zero-order chi connectivity index (χ0) is 18.7. The fourth-order valence-electron chi connectivity index (χ4n) is 3.21. The Kier molecular flexibility index (Phi) is 5.16. The Morgan fingerprint density at radius 3 is 2.85 bits per heavy atom. The molecule has 1 aliphatic rings. The molecule has 1 atom stereocenters. The topological polar surface area (TPSA) is 95.2 Å². The van der Waals surface area contributed by atoms with Crippen LogP contribution in [0.5, 0.6) is 0 Å². The highest BCUT2D eigenvalue weighted by Gasteiger charge is 2.32. The highest BCUT2D eigenvalue weighted by Crippen LogP contribution is 2.31. The van der Waals surface area contributed by atoms with Crippen molar-refractivity contribution in [1.82, 2.24) is 20.2 Å². The maximum absolute atomic E-state index is 12.9. The van der Waals surface area contributed by atoms with Crippen LogP contribution in [0.15, 0.2) is 35.1 Å². The van der Waals surface area contributed by atoms with Gasteiger partial charge in [0.15, 0.2) is 0 Å². The highest BCUT2D eigenvalue weighted by molar-refractivity contribution is 5.94. The number of aromatic amines is 1. The minimum absolute atomic E-state index is 0.117. The molecular weight excluding hydrogens is 332 g/mol. The molecule has 3 rings (SSSR count). The first-order valence-corrected chi connectivity index (χ1v) is 8.67. The lowest BCUT2D eigenvalue weighted by molar-refractivity contribution is -0.119. The van der Waals surface area contributed by atoms with Crippen molar-refractivity contribution in [3.63, 3.8) is 0 Å². The van der Waals surface area contributed by atoms with Gasteiger partial charge in [0.2, 0.25) is 5.91 Å². The molecule has 2 aromatic heterocycles. The average molecular weight is 354 g/mol. The number of aromatic nitrogens is 2. The summed E-state index contributed by atoms with van der Waals surface area (Å²) in [5.74, 6) is -0.392. The number of nitrogens with one attached hydrogen (secondary N) is 2. The van der Waals surface area contributed by atoms with Crippen molar-refractivity contribution in [1.29, 1.82) is 0 Å². The van der Waals surface area contributed by atoms with E-state index in [1.165, 1.54) is 6.92 Å². The van der Waals surface area contributed by atoms with Gasteiger partial charge in [-0.3, -0.25) is 19.4 Å². The molecule has 0 aromatic carbocycles. The van der Waals surface area contributed by atoms with Crippen LogP contribution in [0.4, 0.5) is 0 Å². The maximum atomic E-state index is 12.9. The van der Waals surface area contributed by atoms with Gasteiger partial charge in [0, 0.05) is 19.2 Å². The summed E-state index contributed by atoms with van der Waals surface area (Å²) < 4.78 is 0. The maximum Gasteiger partial charge on any atom is 0.260 e.